The lowest BCUT2D eigenvalue weighted by Crippen LogP contribution is -2.47. The first-order valence-corrected chi connectivity index (χ1v) is 10.2. The van der Waals surface area contributed by atoms with Crippen LogP contribution in [0.5, 0.6) is 0 Å². The molecular weight excluding hydrogens is 378 g/mol. The normalized spacial score (nSPS) is 25.3. The van der Waals surface area contributed by atoms with Gasteiger partial charge < -0.3 is 10.1 Å². The summed E-state index contributed by atoms with van der Waals surface area (Å²) in [5.74, 6) is -3.27. The first kappa shape index (κ1) is 21.0. The topological polar surface area (TPSA) is 122 Å². The number of fused-ring (bicyclic) bond motifs is 1. The molecule has 29 heavy (non-hydrogen) atoms. The molecule has 0 radical (unpaired) electrons. The van der Waals surface area contributed by atoms with Crippen molar-refractivity contribution >= 4 is 29.7 Å². The number of imide groups is 2. The summed E-state index contributed by atoms with van der Waals surface area (Å²) in [5.41, 5.74) is 0. The third kappa shape index (κ3) is 4.83. The van der Waals surface area contributed by atoms with E-state index in [0.717, 1.165) is 37.0 Å². The number of likely N-dealkylation sites (tertiary alicyclic amines) is 1. The third-order valence-corrected chi connectivity index (χ3v) is 5.81. The van der Waals surface area contributed by atoms with Crippen LogP contribution in [-0.2, 0) is 23.9 Å². The van der Waals surface area contributed by atoms with Gasteiger partial charge in [0.2, 0.25) is 11.8 Å². The number of nitrogens with zero attached hydrogens (tertiary/aromatic N) is 1. The second kappa shape index (κ2) is 9.19. The molecule has 0 unspecified atom stereocenters. The van der Waals surface area contributed by atoms with Crippen LogP contribution in [-0.4, -0.2) is 53.3 Å². The molecule has 3 atom stereocenters. The summed E-state index contributed by atoms with van der Waals surface area (Å²) >= 11 is 0. The third-order valence-electron chi connectivity index (χ3n) is 5.81. The highest BCUT2D eigenvalue weighted by Gasteiger charge is 2.50. The van der Waals surface area contributed by atoms with Gasteiger partial charge in [0.05, 0.1) is 11.8 Å². The fourth-order valence-corrected chi connectivity index (χ4v) is 4.20. The van der Waals surface area contributed by atoms with Gasteiger partial charge in [-0.05, 0) is 32.6 Å². The van der Waals surface area contributed by atoms with Crippen molar-refractivity contribution in [2.75, 3.05) is 6.61 Å². The Hall–Kier alpha value is -2.71. The molecule has 0 aromatic heterocycles. The van der Waals surface area contributed by atoms with Gasteiger partial charge in [-0.25, -0.2) is 9.59 Å². The molecule has 0 aromatic rings. The molecule has 3 aliphatic rings. The number of carbonyl (C=O) groups is 5. The quantitative estimate of drug-likeness (QED) is 0.400. The van der Waals surface area contributed by atoms with Crippen LogP contribution in [0, 0.1) is 11.8 Å². The Kier molecular flexibility index (Phi) is 6.66. The maximum absolute atomic E-state index is 12.5. The summed E-state index contributed by atoms with van der Waals surface area (Å²) < 4.78 is 4.93. The summed E-state index contributed by atoms with van der Waals surface area (Å²) in [6.45, 7) is 0.739. The summed E-state index contributed by atoms with van der Waals surface area (Å²) in [4.78, 5) is 61.9. The van der Waals surface area contributed by atoms with Crippen LogP contribution in [0.15, 0.2) is 12.2 Å². The number of esters is 1. The highest BCUT2D eigenvalue weighted by molar-refractivity contribution is 6.08. The van der Waals surface area contributed by atoms with Crippen molar-refractivity contribution in [1.29, 1.82) is 0 Å². The maximum Gasteiger partial charge on any atom is 0.329 e. The summed E-state index contributed by atoms with van der Waals surface area (Å²) in [6.07, 6.45) is 9.67. The fraction of sp³-hybridized carbons (Fsp3) is 0.650. The molecule has 1 saturated carbocycles. The number of ether oxygens (including phenoxy) is 1. The maximum atomic E-state index is 12.5. The number of hydrogen-bond acceptors (Lipinski definition) is 6. The van der Waals surface area contributed by atoms with Crippen LogP contribution in [0.2, 0.25) is 0 Å². The molecule has 1 aliphatic heterocycles. The Morgan fingerprint density at radius 1 is 1.07 bits per heavy atom. The molecule has 9 heteroatoms. The van der Waals surface area contributed by atoms with Gasteiger partial charge >= 0.3 is 12.0 Å². The number of rotatable bonds is 5. The van der Waals surface area contributed by atoms with Crippen molar-refractivity contribution in [1.82, 2.24) is 15.5 Å². The van der Waals surface area contributed by atoms with E-state index < -0.39 is 42.4 Å². The molecule has 0 bridgehead atoms. The number of hydrogen-bond donors (Lipinski definition) is 2. The van der Waals surface area contributed by atoms with E-state index in [-0.39, 0.29) is 17.9 Å². The average Bonchev–Trinajstić information content (AvgIpc) is 2.97. The first-order valence-electron chi connectivity index (χ1n) is 10.2. The summed E-state index contributed by atoms with van der Waals surface area (Å²) in [7, 11) is 0. The molecule has 1 heterocycles. The van der Waals surface area contributed by atoms with E-state index >= 15 is 0 Å². The lowest BCUT2D eigenvalue weighted by Gasteiger charge is -2.23. The number of carbonyl (C=O) groups excluding carboxylic acids is 5. The molecule has 158 valence electrons. The zero-order valence-electron chi connectivity index (χ0n) is 16.5. The monoisotopic (exact) mass is 405 g/mol. The van der Waals surface area contributed by atoms with Crippen LogP contribution < -0.4 is 10.6 Å². The Morgan fingerprint density at radius 2 is 1.66 bits per heavy atom. The highest BCUT2D eigenvalue weighted by atomic mass is 16.5. The molecule has 5 amide bonds. The highest BCUT2D eigenvalue weighted by Crippen LogP contribution is 2.36. The molecule has 9 nitrogen and oxygen atoms in total. The largest absolute Gasteiger partial charge is 0.454 e. The van der Waals surface area contributed by atoms with E-state index in [2.05, 4.69) is 10.6 Å². The number of nitrogens with one attached hydrogen (secondary N) is 2. The van der Waals surface area contributed by atoms with Crippen molar-refractivity contribution in [2.24, 2.45) is 11.8 Å². The molecule has 3 rings (SSSR count). The van der Waals surface area contributed by atoms with Gasteiger partial charge in [-0.1, -0.05) is 31.4 Å². The van der Waals surface area contributed by atoms with Gasteiger partial charge in [0, 0.05) is 6.04 Å². The van der Waals surface area contributed by atoms with Gasteiger partial charge in [0.15, 0.2) is 6.61 Å². The van der Waals surface area contributed by atoms with Gasteiger partial charge in [0.25, 0.3) is 5.91 Å². The SMILES string of the molecule is C[C@@H](C(=O)OCC(=O)NC(=O)NC1CCCCC1)N1C(=O)[C@H]2CC=CC[C@@H]2C1=O. The Balaban J connectivity index is 1.45. The molecule has 2 aliphatic carbocycles. The van der Waals surface area contributed by atoms with Gasteiger partial charge in [-0.2, -0.15) is 0 Å². The van der Waals surface area contributed by atoms with Crippen LogP contribution in [0.4, 0.5) is 4.79 Å². The number of allylic oxidation sites excluding steroid dienone is 2. The van der Waals surface area contributed by atoms with E-state index in [1.165, 1.54) is 6.92 Å². The molecular formula is C20H27N3O6. The lowest BCUT2D eigenvalue weighted by atomic mass is 9.85. The minimum atomic E-state index is -1.12. The van der Waals surface area contributed by atoms with E-state index in [0.29, 0.717) is 12.8 Å². The second-order valence-electron chi connectivity index (χ2n) is 7.84. The molecule has 1 saturated heterocycles. The van der Waals surface area contributed by atoms with Gasteiger partial charge in [-0.15, -0.1) is 0 Å². The van der Waals surface area contributed by atoms with Crippen molar-refractivity contribution in [3.63, 3.8) is 0 Å². The Labute approximate surface area is 169 Å². The smallest absolute Gasteiger partial charge is 0.329 e. The standard InChI is InChI=1S/C20H27N3O6/c1-12(23-17(25)14-9-5-6-10-15(14)18(23)26)19(27)29-11-16(24)22-20(28)21-13-7-3-2-4-8-13/h5-6,12-15H,2-4,7-11H2,1H3,(H2,21,22,24,28)/t12-,14-,15-/m0/s1. The zero-order valence-corrected chi connectivity index (χ0v) is 16.5. The summed E-state index contributed by atoms with van der Waals surface area (Å²) in [6, 6.07) is -1.69. The number of urea groups is 1. The molecule has 0 aromatic carbocycles. The zero-order chi connectivity index (χ0) is 21.0. The molecule has 2 N–H and O–H groups in total. The summed E-state index contributed by atoms with van der Waals surface area (Å²) in [5, 5.41) is 4.86. The lowest BCUT2D eigenvalue weighted by molar-refractivity contribution is -0.159. The minimum Gasteiger partial charge on any atom is -0.454 e. The Morgan fingerprint density at radius 3 is 2.24 bits per heavy atom. The van der Waals surface area contributed by atoms with Crippen LogP contribution >= 0.6 is 0 Å². The van der Waals surface area contributed by atoms with Gasteiger partial charge in [-0.3, -0.25) is 24.6 Å². The van der Waals surface area contributed by atoms with Crippen molar-refractivity contribution in [3.8, 4) is 0 Å². The van der Waals surface area contributed by atoms with Gasteiger partial charge in [0.1, 0.15) is 6.04 Å². The van der Waals surface area contributed by atoms with Crippen molar-refractivity contribution in [2.45, 2.75) is 64.0 Å². The predicted molar refractivity (Wildman–Crippen MR) is 101 cm³/mol. The van der Waals surface area contributed by atoms with Crippen molar-refractivity contribution < 1.29 is 28.7 Å². The van der Waals surface area contributed by atoms with E-state index in [9.17, 15) is 24.0 Å². The second-order valence-corrected chi connectivity index (χ2v) is 7.84. The van der Waals surface area contributed by atoms with Crippen LogP contribution in [0.1, 0.15) is 51.9 Å². The number of amides is 5. The fourth-order valence-electron chi connectivity index (χ4n) is 4.20. The van der Waals surface area contributed by atoms with Crippen LogP contribution in [0.3, 0.4) is 0 Å². The first-order chi connectivity index (χ1) is 13.9. The molecule has 0 spiro atoms. The van der Waals surface area contributed by atoms with Crippen molar-refractivity contribution in [3.05, 3.63) is 12.2 Å². The van der Waals surface area contributed by atoms with E-state index in [1.807, 2.05) is 12.2 Å². The predicted octanol–water partition coefficient (Wildman–Crippen LogP) is 1.03. The minimum absolute atomic E-state index is 0.0457. The average molecular weight is 405 g/mol. The molecule has 2 fully saturated rings. The van der Waals surface area contributed by atoms with E-state index in [4.69, 9.17) is 4.74 Å². The van der Waals surface area contributed by atoms with Crippen LogP contribution in [0.25, 0.3) is 0 Å². The Bertz CT molecular complexity index is 702. The van der Waals surface area contributed by atoms with E-state index in [1.54, 1.807) is 0 Å².